The molecule has 0 aliphatic carbocycles. The van der Waals surface area contributed by atoms with Crippen molar-refractivity contribution in [1.82, 2.24) is 9.80 Å². The molecule has 0 aromatic heterocycles. The maximum absolute atomic E-state index is 11.0. The molecule has 1 rings (SSSR count). The van der Waals surface area contributed by atoms with Gasteiger partial charge in [-0.15, -0.1) is 0 Å². The van der Waals surface area contributed by atoms with Crippen molar-refractivity contribution in [1.29, 1.82) is 0 Å². The molecule has 21 heavy (non-hydrogen) atoms. The summed E-state index contributed by atoms with van der Waals surface area (Å²) in [6.07, 6.45) is 0.690. The molecule has 0 fully saturated rings. The molecular weight excluding hydrogens is 332 g/mol. The average molecular weight is 357 g/mol. The number of phenolic OH excluding ortho intramolecular Hbond substituents is 1. The van der Waals surface area contributed by atoms with Gasteiger partial charge in [-0.05, 0) is 31.8 Å². The number of halogens is 1. The van der Waals surface area contributed by atoms with Crippen LogP contribution in [0.1, 0.15) is 36.7 Å². The van der Waals surface area contributed by atoms with Gasteiger partial charge in [-0.1, -0.05) is 36.7 Å². The van der Waals surface area contributed by atoms with Gasteiger partial charge >= 0.3 is 0 Å². The van der Waals surface area contributed by atoms with Crippen LogP contribution in [0.3, 0.4) is 0 Å². The van der Waals surface area contributed by atoms with Crippen LogP contribution in [-0.4, -0.2) is 53.9 Å². The number of likely N-dealkylation sites (N-methyl/N-ethyl adjacent to an activating group) is 2. The second kappa shape index (κ2) is 9.18. The average Bonchev–Trinajstić information content (AvgIpc) is 2.49. The van der Waals surface area contributed by atoms with Crippen molar-refractivity contribution in [3.8, 4) is 5.75 Å². The van der Waals surface area contributed by atoms with Gasteiger partial charge < -0.3 is 10.0 Å². The van der Waals surface area contributed by atoms with Crippen molar-refractivity contribution in [3.05, 3.63) is 27.7 Å². The maximum atomic E-state index is 11.0. The van der Waals surface area contributed by atoms with E-state index in [1.807, 2.05) is 6.07 Å². The third-order valence-corrected chi connectivity index (χ3v) is 4.24. The van der Waals surface area contributed by atoms with Gasteiger partial charge in [0.15, 0.2) is 6.29 Å². The Labute approximate surface area is 135 Å². The third kappa shape index (κ3) is 5.41. The van der Waals surface area contributed by atoms with Gasteiger partial charge in [0.05, 0.1) is 5.56 Å². The van der Waals surface area contributed by atoms with Crippen LogP contribution >= 0.6 is 15.9 Å². The van der Waals surface area contributed by atoms with Gasteiger partial charge in [-0.3, -0.25) is 9.69 Å². The summed E-state index contributed by atoms with van der Waals surface area (Å²) in [7, 11) is 0. The summed E-state index contributed by atoms with van der Waals surface area (Å²) < 4.78 is 0.817. The number of benzene rings is 1. The maximum Gasteiger partial charge on any atom is 0.153 e. The van der Waals surface area contributed by atoms with Crippen LogP contribution in [0, 0.1) is 0 Å². The van der Waals surface area contributed by atoms with E-state index >= 15 is 0 Å². The molecule has 0 aliphatic heterocycles. The first kappa shape index (κ1) is 18.1. The Morgan fingerprint density at radius 2 is 1.67 bits per heavy atom. The first-order valence-corrected chi connectivity index (χ1v) is 8.26. The Morgan fingerprint density at radius 3 is 2.19 bits per heavy atom. The summed E-state index contributed by atoms with van der Waals surface area (Å²) >= 11 is 3.39. The van der Waals surface area contributed by atoms with Gasteiger partial charge in [0, 0.05) is 29.7 Å². The second-order valence-corrected chi connectivity index (χ2v) is 5.93. The topological polar surface area (TPSA) is 43.8 Å². The molecule has 0 bridgehead atoms. The Kier molecular flexibility index (Phi) is 7.93. The Bertz CT molecular complexity index is 462. The van der Waals surface area contributed by atoms with Crippen LogP contribution in [-0.2, 0) is 6.54 Å². The molecule has 1 aromatic carbocycles. The van der Waals surface area contributed by atoms with Crippen LogP contribution in [0.5, 0.6) is 5.75 Å². The number of aldehydes is 1. The van der Waals surface area contributed by atoms with Gasteiger partial charge in [0.1, 0.15) is 5.75 Å². The number of carbonyl (C=O) groups is 1. The number of rotatable bonds is 9. The fourth-order valence-corrected chi connectivity index (χ4v) is 2.82. The van der Waals surface area contributed by atoms with Crippen molar-refractivity contribution in [3.63, 3.8) is 0 Å². The molecule has 0 aliphatic rings. The van der Waals surface area contributed by atoms with Crippen molar-refractivity contribution >= 4 is 22.2 Å². The Morgan fingerprint density at radius 1 is 1.10 bits per heavy atom. The second-order valence-electron chi connectivity index (χ2n) is 5.02. The van der Waals surface area contributed by atoms with Crippen LogP contribution in [0.4, 0.5) is 0 Å². The molecule has 0 radical (unpaired) electrons. The van der Waals surface area contributed by atoms with Crippen LogP contribution < -0.4 is 0 Å². The SMILES string of the molecule is CCN(CC)CCN(CC)Cc1cc(Br)cc(C=O)c1O. The lowest BCUT2D eigenvalue weighted by molar-refractivity contribution is 0.112. The molecule has 1 aromatic rings. The molecule has 0 atom stereocenters. The zero-order valence-corrected chi connectivity index (χ0v) is 14.7. The van der Waals surface area contributed by atoms with Gasteiger partial charge in [-0.25, -0.2) is 0 Å². The minimum Gasteiger partial charge on any atom is -0.507 e. The molecular formula is C16H25BrN2O2. The standard InChI is InChI=1S/C16H25BrN2O2/c1-4-18(5-2)7-8-19(6-3)11-13-9-15(17)10-14(12-20)16(13)21/h9-10,12,21H,4-8,11H2,1-3H3. The van der Waals surface area contributed by atoms with E-state index < -0.39 is 0 Å². The number of nitrogens with zero attached hydrogens (tertiary/aromatic N) is 2. The number of carbonyl (C=O) groups excluding carboxylic acids is 1. The smallest absolute Gasteiger partial charge is 0.153 e. The van der Waals surface area contributed by atoms with E-state index in [9.17, 15) is 9.90 Å². The number of hydrogen-bond acceptors (Lipinski definition) is 4. The van der Waals surface area contributed by atoms with E-state index in [1.54, 1.807) is 6.07 Å². The van der Waals surface area contributed by atoms with Crippen LogP contribution in [0.2, 0.25) is 0 Å². The summed E-state index contributed by atoms with van der Waals surface area (Å²) in [6, 6.07) is 3.51. The van der Waals surface area contributed by atoms with Gasteiger partial charge in [0.2, 0.25) is 0 Å². The van der Waals surface area contributed by atoms with E-state index in [0.29, 0.717) is 18.4 Å². The number of aromatic hydroxyl groups is 1. The number of phenols is 1. The largest absolute Gasteiger partial charge is 0.507 e. The highest BCUT2D eigenvalue weighted by atomic mass is 79.9. The highest BCUT2D eigenvalue weighted by Gasteiger charge is 2.13. The van der Waals surface area contributed by atoms with E-state index in [-0.39, 0.29) is 5.75 Å². The minimum atomic E-state index is 0.0921. The summed E-state index contributed by atoms with van der Waals surface area (Å²) in [6.45, 7) is 12.0. The molecule has 0 unspecified atom stereocenters. The number of hydrogen-bond donors (Lipinski definition) is 1. The minimum absolute atomic E-state index is 0.0921. The predicted octanol–water partition coefficient (Wildman–Crippen LogP) is 3.13. The molecule has 118 valence electrons. The lowest BCUT2D eigenvalue weighted by Crippen LogP contribution is -2.34. The predicted molar refractivity (Wildman–Crippen MR) is 89.9 cm³/mol. The monoisotopic (exact) mass is 356 g/mol. The first-order chi connectivity index (χ1) is 10.0. The van der Waals surface area contributed by atoms with Crippen molar-refractivity contribution < 1.29 is 9.90 Å². The highest BCUT2D eigenvalue weighted by Crippen LogP contribution is 2.27. The van der Waals surface area contributed by atoms with Crippen molar-refractivity contribution in [2.45, 2.75) is 27.3 Å². The molecule has 1 N–H and O–H groups in total. The van der Waals surface area contributed by atoms with Gasteiger partial charge in [0.25, 0.3) is 0 Å². The zero-order chi connectivity index (χ0) is 15.8. The van der Waals surface area contributed by atoms with Crippen molar-refractivity contribution in [2.24, 2.45) is 0 Å². The molecule has 0 amide bonds. The molecule has 0 heterocycles. The molecule has 0 saturated heterocycles. The van der Waals surface area contributed by atoms with Crippen LogP contribution in [0.25, 0.3) is 0 Å². The lowest BCUT2D eigenvalue weighted by atomic mass is 10.1. The fraction of sp³-hybridized carbons (Fsp3) is 0.562. The quantitative estimate of drug-likeness (QED) is 0.690. The van der Waals surface area contributed by atoms with E-state index in [2.05, 4.69) is 46.5 Å². The van der Waals surface area contributed by atoms with Crippen LogP contribution in [0.15, 0.2) is 16.6 Å². The normalized spacial score (nSPS) is 11.3. The van der Waals surface area contributed by atoms with Crippen molar-refractivity contribution in [2.75, 3.05) is 32.7 Å². The summed E-state index contributed by atoms with van der Waals surface area (Å²) in [5.41, 5.74) is 1.12. The molecule has 0 saturated carbocycles. The fourth-order valence-electron chi connectivity index (χ4n) is 2.30. The summed E-state index contributed by atoms with van der Waals surface area (Å²) in [5.74, 6) is 0.0921. The highest BCUT2D eigenvalue weighted by molar-refractivity contribution is 9.10. The van der Waals surface area contributed by atoms with Gasteiger partial charge in [-0.2, -0.15) is 0 Å². The van der Waals surface area contributed by atoms with E-state index in [4.69, 9.17) is 0 Å². The zero-order valence-electron chi connectivity index (χ0n) is 13.1. The lowest BCUT2D eigenvalue weighted by Gasteiger charge is -2.25. The molecule has 5 heteroatoms. The molecule has 4 nitrogen and oxygen atoms in total. The Balaban J connectivity index is 2.77. The summed E-state index contributed by atoms with van der Waals surface area (Å²) in [5, 5.41) is 10.1. The first-order valence-electron chi connectivity index (χ1n) is 7.46. The third-order valence-electron chi connectivity index (χ3n) is 3.78. The summed E-state index contributed by atoms with van der Waals surface area (Å²) in [4.78, 5) is 15.6. The Hall–Kier alpha value is -0.910. The molecule has 0 spiro atoms. The van der Waals surface area contributed by atoms with E-state index in [1.165, 1.54) is 0 Å². The van der Waals surface area contributed by atoms with E-state index in [0.717, 1.165) is 42.8 Å².